The third-order valence-electron chi connectivity index (χ3n) is 9.42. The van der Waals surface area contributed by atoms with Crippen LogP contribution in [0, 0.1) is 0 Å². The Balaban J connectivity index is 1.34. The van der Waals surface area contributed by atoms with Crippen LogP contribution in [0.25, 0.3) is 33.4 Å². The van der Waals surface area contributed by atoms with E-state index in [1.54, 1.807) is 37.8 Å². The van der Waals surface area contributed by atoms with Gasteiger partial charge in [-0.3, -0.25) is 9.36 Å². The van der Waals surface area contributed by atoms with Crippen molar-refractivity contribution in [2.45, 2.75) is 19.5 Å². The van der Waals surface area contributed by atoms with Crippen molar-refractivity contribution in [3.05, 3.63) is 169 Å². The lowest BCUT2D eigenvalue weighted by Gasteiger charge is -2.26. The van der Waals surface area contributed by atoms with Gasteiger partial charge in [-0.05, 0) is 53.1 Å². The molecule has 1 aliphatic heterocycles. The SMILES string of the molecule is CCOC(=O)C1=C(c2ccccc2)N=c2s/c(=C\c3cn(Cc4cccc5ccccc45)c4ccccc34)c(=O)n2[C@@H]1c1ccc(OC)c(OC)c1. The second-order valence-electron chi connectivity index (χ2n) is 12.4. The molecule has 0 radical (unpaired) electrons. The van der Waals surface area contributed by atoms with E-state index in [0.29, 0.717) is 38.6 Å². The summed E-state index contributed by atoms with van der Waals surface area (Å²) < 4.78 is 21.1. The van der Waals surface area contributed by atoms with Gasteiger partial charge in [0.05, 0.1) is 42.7 Å². The van der Waals surface area contributed by atoms with Gasteiger partial charge in [-0.15, -0.1) is 0 Å². The molecule has 1 atom stereocenters. The molecule has 9 heteroatoms. The number of hydrogen-bond acceptors (Lipinski definition) is 7. The number of ether oxygens (including phenoxy) is 3. The lowest BCUT2D eigenvalue weighted by Crippen LogP contribution is -2.40. The topological polar surface area (TPSA) is 84.1 Å². The highest BCUT2D eigenvalue weighted by molar-refractivity contribution is 7.07. The van der Waals surface area contributed by atoms with Crippen molar-refractivity contribution in [1.82, 2.24) is 9.13 Å². The van der Waals surface area contributed by atoms with Crippen LogP contribution >= 0.6 is 11.3 Å². The summed E-state index contributed by atoms with van der Waals surface area (Å²) in [6.07, 6.45) is 4.05. The molecule has 0 aliphatic carbocycles. The summed E-state index contributed by atoms with van der Waals surface area (Å²) in [5, 5.41) is 3.43. The van der Waals surface area contributed by atoms with Crippen molar-refractivity contribution < 1.29 is 19.0 Å². The zero-order valence-electron chi connectivity index (χ0n) is 28.9. The van der Waals surface area contributed by atoms with Crippen LogP contribution < -0.4 is 24.4 Å². The maximum absolute atomic E-state index is 14.7. The van der Waals surface area contributed by atoms with Gasteiger partial charge in [-0.25, -0.2) is 9.79 Å². The molecule has 3 heterocycles. The Hall–Kier alpha value is -6.19. The minimum absolute atomic E-state index is 0.163. The Morgan fingerprint density at radius 3 is 2.37 bits per heavy atom. The molecule has 0 unspecified atom stereocenters. The van der Waals surface area contributed by atoms with Crippen molar-refractivity contribution >= 4 is 50.8 Å². The zero-order chi connectivity index (χ0) is 35.8. The molecule has 8 rings (SSSR count). The Morgan fingerprint density at radius 1 is 0.846 bits per heavy atom. The highest BCUT2D eigenvalue weighted by Gasteiger charge is 2.35. The van der Waals surface area contributed by atoms with E-state index >= 15 is 0 Å². The van der Waals surface area contributed by atoms with E-state index in [0.717, 1.165) is 22.0 Å². The second-order valence-corrected chi connectivity index (χ2v) is 13.4. The number of carbonyl (C=O) groups excluding carboxylic acids is 1. The smallest absolute Gasteiger partial charge is 0.338 e. The number of esters is 1. The molecule has 2 aromatic heterocycles. The van der Waals surface area contributed by atoms with Crippen LogP contribution in [-0.4, -0.2) is 35.9 Å². The first kappa shape index (κ1) is 33.0. The predicted molar refractivity (Wildman–Crippen MR) is 206 cm³/mol. The van der Waals surface area contributed by atoms with Crippen LogP contribution in [0.3, 0.4) is 0 Å². The summed E-state index contributed by atoms with van der Waals surface area (Å²) in [6.45, 7) is 2.59. The number of fused-ring (bicyclic) bond motifs is 3. The summed E-state index contributed by atoms with van der Waals surface area (Å²) in [6, 6.07) is 37.1. The molecule has 0 amide bonds. The van der Waals surface area contributed by atoms with Gasteiger partial charge in [-0.2, -0.15) is 0 Å². The number of carbonyl (C=O) groups is 1. The van der Waals surface area contributed by atoms with E-state index < -0.39 is 12.0 Å². The molecular formula is C43H35N3O5S. The van der Waals surface area contributed by atoms with Gasteiger partial charge < -0.3 is 18.8 Å². The molecule has 7 aromatic rings. The van der Waals surface area contributed by atoms with E-state index in [4.69, 9.17) is 19.2 Å². The number of aromatic nitrogens is 2. The first-order valence-electron chi connectivity index (χ1n) is 17.0. The van der Waals surface area contributed by atoms with Crippen LogP contribution in [0.1, 0.15) is 35.2 Å². The number of benzene rings is 5. The van der Waals surface area contributed by atoms with Crippen LogP contribution in [0.15, 0.2) is 137 Å². The largest absolute Gasteiger partial charge is 0.493 e. The maximum Gasteiger partial charge on any atom is 0.338 e. The Morgan fingerprint density at radius 2 is 1.58 bits per heavy atom. The highest BCUT2D eigenvalue weighted by atomic mass is 32.1. The molecule has 0 saturated carbocycles. The summed E-state index contributed by atoms with van der Waals surface area (Å²) in [7, 11) is 3.12. The van der Waals surface area contributed by atoms with Crippen molar-refractivity contribution in [2.75, 3.05) is 20.8 Å². The van der Waals surface area contributed by atoms with Gasteiger partial charge >= 0.3 is 5.97 Å². The first-order valence-corrected chi connectivity index (χ1v) is 17.9. The minimum atomic E-state index is -0.847. The summed E-state index contributed by atoms with van der Waals surface area (Å²) in [4.78, 5) is 34.1. The highest BCUT2D eigenvalue weighted by Crippen LogP contribution is 2.38. The number of methoxy groups -OCH3 is 2. The average Bonchev–Trinajstić information content (AvgIpc) is 3.69. The fourth-order valence-electron chi connectivity index (χ4n) is 7.05. The number of hydrogen-bond donors (Lipinski definition) is 0. The van der Waals surface area contributed by atoms with Crippen molar-refractivity contribution in [3.8, 4) is 11.5 Å². The average molecular weight is 706 g/mol. The van der Waals surface area contributed by atoms with Gasteiger partial charge in [0, 0.05) is 34.8 Å². The van der Waals surface area contributed by atoms with E-state index in [-0.39, 0.29) is 17.7 Å². The molecule has 5 aromatic carbocycles. The fourth-order valence-corrected chi connectivity index (χ4v) is 8.05. The van der Waals surface area contributed by atoms with E-state index in [1.807, 2.05) is 54.6 Å². The first-order chi connectivity index (χ1) is 25.5. The molecule has 0 saturated heterocycles. The van der Waals surface area contributed by atoms with Crippen LogP contribution in [0.5, 0.6) is 11.5 Å². The fraction of sp³-hybridized carbons (Fsp3) is 0.140. The van der Waals surface area contributed by atoms with Crippen LogP contribution in [-0.2, 0) is 16.1 Å². The van der Waals surface area contributed by atoms with Gasteiger partial charge in [-0.1, -0.05) is 108 Å². The van der Waals surface area contributed by atoms with Gasteiger partial charge in [0.2, 0.25) is 0 Å². The van der Waals surface area contributed by atoms with E-state index in [1.165, 1.54) is 27.7 Å². The molecule has 0 fully saturated rings. The van der Waals surface area contributed by atoms with Crippen molar-refractivity contribution in [3.63, 3.8) is 0 Å². The Kier molecular flexibility index (Phi) is 8.78. The van der Waals surface area contributed by atoms with Crippen LogP contribution in [0.4, 0.5) is 0 Å². The molecular weight excluding hydrogens is 671 g/mol. The molecule has 0 N–H and O–H groups in total. The number of nitrogens with zero attached hydrogens (tertiary/aromatic N) is 3. The number of para-hydroxylation sites is 1. The molecule has 1 aliphatic rings. The zero-order valence-corrected chi connectivity index (χ0v) is 29.7. The summed E-state index contributed by atoms with van der Waals surface area (Å²) in [5.41, 5.74) is 5.05. The molecule has 258 valence electrons. The Labute approximate surface area is 303 Å². The standard InChI is InChI=1S/C43H35N3O5S/c1-4-51-42(48)38-39(28-14-6-5-7-15-28)44-43-46(40(38)29-21-22-35(49-2)36(23-29)50-3)41(47)37(52-43)24-31-26-45(34-20-11-10-19-33(31)34)25-30-17-12-16-27-13-8-9-18-32(27)30/h5-24,26,40H,4,25H2,1-3H3/b37-24-/t40-/m1/s1. The Bertz CT molecular complexity index is 2700. The monoisotopic (exact) mass is 705 g/mol. The molecule has 8 nitrogen and oxygen atoms in total. The molecule has 0 spiro atoms. The minimum Gasteiger partial charge on any atom is -0.493 e. The number of rotatable bonds is 9. The normalized spacial score (nSPS) is 14.4. The maximum atomic E-state index is 14.7. The van der Waals surface area contributed by atoms with Crippen molar-refractivity contribution in [2.24, 2.45) is 4.99 Å². The predicted octanol–water partition coefficient (Wildman–Crippen LogP) is 7.11. The summed E-state index contributed by atoms with van der Waals surface area (Å²) >= 11 is 1.30. The van der Waals surface area contributed by atoms with Crippen molar-refractivity contribution in [1.29, 1.82) is 0 Å². The third kappa shape index (κ3) is 5.78. The lowest BCUT2D eigenvalue weighted by atomic mass is 9.93. The van der Waals surface area contributed by atoms with E-state index in [9.17, 15) is 9.59 Å². The third-order valence-corrected chi connectivity index (χ3v) is 10.4. The second kappa shape index (κ2) is 13.8. The van der Waals surface area contributed by atoms with Gasteiger partial charge in [0.1, 0.15) is 0 Å². The summed E-state index contributed by atoms with van der Waals surface area (Å²) in [5.74, 6) is 0.460. The van der Waals surface area contributed by atoms with Crippen LogP contribution in [0.2, 0.25) is 0 Å². The molecule has 0 bridgehead atoms. The number of thiazole rings is 1. The molecule has 52 heavy (non-hydrogen) atoms. The van der Waals surface area contributed by atoms with Gasteiger partial charge in [0.25, 0.3) is 5.56 Å². The van der Waals surface area contributed by atoms with E-state index in [2.05, 4.69) is 65.4 Å². The quantitative estimate of drug-likeness (QED) is 0.150. The lowest BCUT2D eigenvalue weighted by molar-refractivity contribution is -0.138. The van der Waals surface area contributed by atoms with Gasteiger partial charge in [0.15, 0.2) is 16.3 Å².